The lowest BCUT2D eigenvalue weighted by Crippen LogP contribution is -2.52. The molecule has 1 aromatic rings. The maximum atomic E-state index is 3.46. The van der Waals surface area contributed by atoms with E-state index < -0.39 is 0 Å². The van der Waals surface area contributed by atoms with Gasteiger partial charge in [-0.3, -0.25) is 4.90 Å². The first-order valence-corrected chi connectivity index (χ1v) is 7.65. The highest BCUT2D eigenvalue weighted by molar-refractivity contribution is 5.27. The molecule has 0 spiro atoms. The van der Waals surface area contributed by atoms with Crippen molar-refractivity contribution in [2.24, 2.45) is 5.92 Å². The van der Waals surface area contributed by atoms with Crippen molar-refractivity contribution in [2.45, 2.75) is 52.2 Å². The van der Waals surface area contributed by atoms with Crippen LogP contribution in [0.25, 0.3) is 0 Å². The molecule has 3 atom stereocenters. The minimum Gasteiger partial charge on any atom is -0.317 e. The maximum absolute atomic E-state index is 3.46. The molecule has 0 bridgehead atoms. The van der Waals surface area contributed by atoms with Crippen molar-refractivity contribution in [1.29, 1.82) is 0 Å². The second-order valence-electron chi connectivity index (χ2n) is 5.88. The topological polar surface area (TPSA) is 15.3 Å². The molecule has 1 N–H and O–H groups in total. The Morgan fingerprint density at radius 1 is 1.21 bits per heavy atom. The number of hydrogen-bond donors (Lipinski definition) is 1. The quantitative estimate of drug-likeness (QED) is 0.895. The Hall–Kier alpha value is -0.860. The van der Waals surface area contributed by atoms with E-state index in [-0.39, 0.29) is 0 Å². The van der Waals surface area contributed by atoms with E-state index in [1.54, 1.807) is 0 Å². The minimum absolute atomic E-state index is 0.649. The second kappa shape index (κ2) is 6.53. The fraction of sp³-hybridized carbons (Fsp3) is 0.647. The Labute approximate surface area is 118 Å². The van der Waals surface area contributed by atoms with Crippen LogP contribution < -0.4 is 5.32 Å². The molecule has 0 aliphatic carbocycles. The van der Waals surface area contributed by atoms with Crippen molar-refractivity contribution in [3.63, 3.8) is 0 Å². The van der Waals surface area contributed by atoms with Crippen LogP contribution in [0.5, 0.6) is 0 Å². The Morgan fingerprint density at radius 3 is 2.53 bits per heavy atom. The Morgan fingerprint density at radius 2 is 1.89 bits per heavy atom. The fourth-order valence-electron chi connectivity index (χ4n) is 3.35. The average Bonchev–Trinajstić information content (AvgIpc) is 2.45. The second-order valence-corrected chi connectivity index (χ2v) is 5.88. The molecule has 2 nitrogen and oxygen atoms in total. The molecule has 1 aliphatic rings. The fourth-order valence-corrected chi connectivity index (χ4v) is 3.35. The van der Waals surface area contributed by atoms with Crippen LogP contribution in [0.1, 0.15) is 38.3 Å². The zero-order valence-electron chi connectivity index (χ0n) is 12.8. The molecule has 0 aromatic heterocycles. The van der Waals surface area contributed by atoms with Gasteiger partial charge in [-0.25, -0.2) is 0 Å². The lowest BCUT2D eigenvalue weighted by Gasteiger charge is -2.43. The molecule has 3 unspecified atom stereocenters. The van der Waals surface area contributed by atoms with Gasteiger partial charge in [0.2, 0.25) is 0 Å². The van der Waals surface area contributed by atoms with Gasteiger partial charge in [-0.05, 0) is 43.9 Å². The van der Waals surface area contributed by atoms with E-state index in [1.165, 1.54) is 24.1 Å². The molecule has 1 saturated heterocycles. The van der Waals surface area contributed by atoms with Gasteiger partial charge in [0.05, 0.1) is 0 Å². The number of benzene rings is 1. The summed E-state index contributed by atoms with van der Waals surface area (Å²) in [6, 6.07) is 10.2. The summed E-state index contributed by atoms with van der Waals surface area (Å²) in [6.45, 7) is 9.31. The summed E-state index contributed by atoms with van der Waals surface area (Å²) in [7, 11) is 2.09. The third kappa shape index (κ3) is 3.18. The minimum atomic E-state index is 0.649. The first-order chi connectivity index (χ1) is 9.17. The van der Waals surface area contributed by atoms with Crippen LogP contribution in [0.15, 0.2) is 24.3 Å². The van der Waals surface area contributed by atoms with E-state index in [4.69, 9.17) is 0 Å². The zero-order chi connectivity index (χ0) is 13.8. The average molecular weight is 260 g/mol. The molecular weight excluding hydrogens is 232 g/mol. The van der Waals surface area contributed by atoms with Gasteiger partial charge in [-0.15, -0.1) is 0 Å². The van der Waals surface area contributed by atoms with Gasteiger partial charge in [-0.1, -0.05) is 38.1 Å². The highest BCUT2D eigenvalue weighted by atomic mass is 15.2. The monoisotopic (exact) mass is 260 g/mol. The smallest absolute Gasteiger partial charge is 0.0239 e. The van der Waals surface area contributed by atoms with Crippen molar-refractivity contribution >= 4 is 0 Å². The highest BCUT2D eigenvalue weighted by Crippen LogP contribution is 2.25. The highest BCUT2D eigenvalue weighted by Gasteiger charge is 2.31. The van der Waals surface area contributed by atoms with Crippen LogP contribution in [-0.4, -0.2) is 30.6 Å². The normalized spacial score (nSPS) is 28.5. The SMILES string of the molecule is CCc1ccccc1CN1CCC(NC)C(C)C1C. The van der Waals surface area contributed by atoms with Crippen molar-refractivity contribution in [3.8, 4) is 0 Å². The van der Waals surface area contributed by atoms with Crippen LogP contribution >= 0.6 is 0 Å². The number of aryl methyl sites for hydroxylation is 1. The molecule has 1 aliphatic heterocycles. The van der Waals surface area contributed by atoms with E-state index in [2.05, 4.69) is 62.3 Å². The molecule has 2 rings (SSSR count). The van der Waals surface area contributed by atoms with Gasteiger partial charge in [0, 0.05) is 25.2 Å². The van der Waals surface area contributed by atoms with E-state index >= 15 is 0 Å². The number of hydrogen-bond acceptors (Lipinski definition) is 2. The Kier molecular flexibility index (Phi) is 5.00. The van der Waals surface area contributed by atoms with Crippen LogP contribution in [0, 0.1) is 5.92 Å². The zero-order valence-corrected chi connectivity index (χ0v) is 12.8. The standard InChI is InChI=1S/C17H28N2/c1-5-15-8-6-7-9-16(15)12-19-11-10-17(18-4)13(2)14(19)3/h6-9,13-14,17-18H,5,10-12H2,1-4H3. The Balaban J connectivity index is 2.07. The summed E-state index contributed by atoms with van der Waals surface area (Å²) < 4.78 is 0. The predicted octanol–water partition coefficient (Wildman–Crippen LogP) is 3.07. The number of piperidine rings is 1. The largest absolute Gasteiger partial charge is 0.317 e. The van der Waals surface area contributed by atoms with Gasteiger partial charge < -0.3 is 5.32 Å². The molecule has 2 heteroatoms. The molecule has 0 saturated carbocycles. The molecule has 106 valence electrons. The third-order valence-electron chi connectivity index (χ3n) is 4.94. The Bertz CT molecular complexity index is 402. The number of rotatable bonds is 4. The first-order valence-electron chi connectivity index (χ1n) is 7.65. The van der Waals surface area contributed by atoms with Crippen molar-refractivity contribution in [2.75, 3.05) is 13.6 Å². The van der Waals surface area contributed by atoms with Gasteiger partial charge >= 0.3 is 0 Å². The van der Waals surface area contributed by atoms with E-state index in [1.807, 2.05) is 0 Å². The predicted molar refractivity (Wildman–Crippen MR) is 82.3 cm³/mol. The lowest BCUT2D eigenvalue weighted by atomic mass is 9.86. The van der Waals surface area contributed by atoms with E-state index in [9.17, 15) is 0 Å². The number of likely N-dealkylation sites (tertiary alicyclic amines) is 1. The van der Waals surface area contributed by atoms with Crippen molar-refractivity contribution in [3.05, 3.63) is 35.4 Å². The third-order valence-corrected chi connectivity index (χ3v) is 4.94. The van der Waals surface area contributed by atoms with E-state index in [0.717, 1.165) is 13.0 Å². The van der Waals surface area contributed by atoms with Gasteiger partial charge in [-0.2, -0.15) is 0 Å². The summed E-state index contributed by atoms with van der Waals surface area (Å²) in [5.74, 6) is 0.715. The van der Waals surface area contributed by atoms with Gasteiger partial charge in [0.25, 0.3) is 0 Å². The summed E-state index contributed by atoms with van der Waals surface area (Å²) in [5, 5.41) is 3.46. The molecule has 19 heavy (non-hydrogen) atoms. The summed E-state index contributed by atoms with van der Waals surface area (Å²) in [4.78, 5) is 2.65. The summed E-state index contributed by atoms with van der Waals surface area (Å²) in [6.07, 6.45) is 2.39. The van der Waals surface area contributed by atoms with Crippen LogP contribution in [0.4, 0.5) is 0 Å². The van der Waals surface area contributed by atoms with Crippen LogP contribution in [0.2, 0.25) is 0 Å². The molecule has 0 amide bonds. The van der Waals surface area contributed by atoms with Crippen molar-refractivity contribution in [1.82, 2.24) is 10.2 Å². The molecule has 1 heterocycles. The molecular formula is C17H28N2. The molecule has 0 radical (unpaired) electrons. The maximum Gasteiger partial charge on any atom is 0.0239 e. The molecule has 1 aromatic carbocycles. The number of nitrogens with zero attached hydrogens (tertiary/aromatic N) is 1. The van der Waals surface area contributed by atoms with Gasteiger partial charge in [0.1, 0.15) is 0 Å². The van der Waals surface area contributed by atoms with Crippen LogP contribution in [-0.2, 0) is 13.0 Å². The van der Waals surface area contributed by atoms with E-state index in [0.29, 0.717) is 18.0 Å². The lowest BCUT2D eigenvalue weighted by molar-refractivity contribution is 0.0809. The molecule has 1 fully saturated rings. The van der Waals surface area contributed by atoms with Crippen molar-refractivity contribution < 1.29 is 0 Å². The summed E-state index contributed by atoms with van der Waals surface area (Å²) >= 11 is 0. The van der Waals surface area contributed by atoms with Crippen LogP contribution in [0.3, 0.4) is 0 Å². The number of nitrogens with one attached hydrogen (secondary N) is 1. The summed E-state index contributed by atoms with van der Waals surface area (Å²) in [5.41, 5.74) is 3.00. The van der Waals surface area contributed by atoms with Gasteiger partial charge in [0.15, 0.2) is 0 Å². The first kappa shape index (κ1) is 14.5.